The van der Waals surface area contributed by atoms with Crippen LogP contribution in [0.2, 0.25) is 0 Å². The number of benzene rings is 1. The molecule has 0 aromatic heterocycles. The smallest absolute Gasteiger partial charge is 0.240 e. The summed E-state index contributed by atoms with van der Waals surface area (Å²) in [6.07, 6.45) is 1.13. The summed E-state index contributed by atoms with van der Waals surface area (Å²) in [4.78, 5) is 13.7. The molecule has 18 heavy (non-hydrogen) atoms. The Bertz CT molecular complexity index is 495. The molecule has 1 saturated carbocycles. The van der Waals surface area contributed by atoms with Gasteiger partial charge in [-0.05, 0) is 37.1 Å². The lowest BCUT2D eigenvalue weighted by Crippen LogP contribution is -2.41. The Labute approximate surface area is 104 Å². The van der Waals surface area contributed by atoms with Gasteiger partial charge in [0.15, 0.2) is 5.84 Å². The Morgan fingerprint density at radius 1 is 1.44 bits per heavy atom. The van der Waals surface area contributed by atoms with Crippen molar-refractivity contribution < 1.29 is 14.4 Å². The highest BCUT2D eigenvalue weighted by atomic mass is 19.1. The number of carbonyl (C=O) groups excluding carboxylic acids is 1. The van der Waals surface area contributed by atoms with Crippen LogP contribution in [0.4, 0.5) is 10.1 Å². The van der Waals surface area contributed by atoms with E-state index < -0.39 is 5.41 Å². The number of oxime groups is 1. The molecular formula is C12H14FN3O2. The molecule has 0 heterocycles. The largest absolute Gasteiger partial charge is 0.409 e. The third-order valence-corrected chi connectivity index (χ3v) is 3.28. The van der Waals surface area contributed by atoms with Crippen molar-refractivity contribution in [3.8, 4) is 0 Å². The van der Waals surface area contributed by atoms with Crippen molar-refractivity contribution >= 4 is 17.4 Å². The predicted molar refractivity (Wildman–Crippen MR) is 64.9 cm³/mol. The fourth-order valence-corrected chi connectivity index (χ4v) is 1.90. The number of halogens is 1. The number of hydrogen-bond donors (Lipinski definition) is 2. The van der Waals surface area contributed by atoms with Crippen LogP contribution in [0.25, 0.3) is 0 Å². The average molecular weight is 251 g/mol. The molecule has 0 spiro atoms. The SMILES string of the molecule is CN(C(=O)C1(/C(N)=N/O)CC1)c1ccc(F)cc1. The predicted octanol–water partition coefficient (Wildman–Crippen LogP) is 1.32. The van der Waals surface area contributed by atoms with Crippen LogP contribution in [0.15, 0.2) is 29.4 Å². The molecule has 0 atom stereocenters. The number of hydrogen-bond acceptors (Lipinski definition) is 3. The summed E-state index contributed by atoms with van der Waals surface area (Å²) in [5.74, 6) is -0.678. The van der Waals surface area contributed by atoms with E-state index in [-0.39, 0.29) is 17.6 Å². The molecule has 1 amide bonds. The van der Waals surface area contributed by atoms with E-state index in [4.69, 9.17) is 10.9 Å². The summed E-state index contributed by atoms with van der Waals surface area (Å²) in [5.41, 5.74) is 5.22. The molecule has 1 aromatic carbocycles. The van der Waals surface area contributed by atoms with Gasteiger partial charge in [-0.1, -0.05) is 5.16 Å². The van der Waals surface area contributed by atoms with Gasteiger partial charge >= 0.3 is 0 Å². The van der Waals surface area contributed by atoms with Crippen LogP contribution in [0, 0.1) is 11.2 Å². The van der Waals surface area contributed by atoms with E-state index in [2.05, 4.69) is 5.16 Å². The maximum absolute atomic E-state index is 12.8. The lowest BCUT2D eigenvalue weighted by Gasteiger charge is -2.22. The zero-order valence-corrected chi connectivity index (χ0v) is 9.93. The minimum Gasteiger partial charge on any atom is -0.409 e. The Balaban J connectivity index is 2.22. The second kappa shape index (κ2) is 4.29. The second-order valence-corrected chi connectivity index (χ2v) is 4.41. The second-order valence-electron chi connectivity index (χ2n) is 4.41. The lowest BCUT2D eigenvalue weighted by molar-refractivity contribution is -0.121. The van der Waals surface area contributed by atoms with Crippen molar-refractivity contribution in [3.63, 3.8) is 0 Å². The van der Waals surface area contributed by atoms with E-state index in [1.807, 2.05) is 0 Å². The van der Waals surface area contributed by atoms with E-state index >= 15 is 0 Å². The molecule has 96 valence electrons. The highest BCUT2D eigenvalue weighted by molar-refractivity contribution is 6.15. The first-order valence-electron chi connectivity index (χ1n) is 5.53. The molecule has 0 unspecified atom stereocenters. The summed E-state index contributed by atoms with van der Waals surface area (Å²) in [6, 6.07) is 5.58. The van der Waals surface area contributed by atoms with Crippen LogP contribution in [0.3, 0.4) is 0 Å². The normalized spacial score (nSPS) is 17.3. The molecule has 0 radical (unpaired) electrons. The molecule has 0 aliphatic heterocycles. The van der Waals surface area contributed by atoms with Crippen molar-refractivity contribution in [1.82, 2.24) is 0 Å². The number of rotatable bonds is 3. The van der Waals surface area contributed by atoms with Crippen LogP contribution in [-0.2, 0) is 4.79 Å². The first kappa shape index (κ1) is 12.3. The van der Waals surface area contributed by atoms with Gasteiger partial charge in [-0.2, -0.15) is 0 Å². The Hall–Kier alpha value is -2.11. The average Bonchev–Trinajstić information content (AvgIpc) is 3.18. The molecular weight excluding hydrogens is 237 g/mol. The minimum absolute atomic E-state index is 0.0681. The molecule has 1 aliphatic rings. The van der Waals surface area contributed by atoms with Crippen molar-refractivity contribution in [1.29, 1.82) is 0 Å². The van der Waals surface area contributed by atoms with Gasteiger partial charge in [0.25, 0.3) is 0 Å². The van der Waals surface area contributed by atoms with Crippen LogP contribution in [0.1, 0.15) is 12.8 Å². The van der Waals surface area contributed by atoms with Crippen molar-refractivity contribution in [2.75, 3.05) is 11.9 Å². The molecule has 0 saturated heterocycles. The fourth-order valence-electron chi connectivity index (χ4n) is 1.90. The molecule has 0 bridgehead atoms. The molecule has 5 nitrogen and oxygen atoms in total. The first-order valence-corrected chi connectivity index (χ1v) is 5.53. The Morgan fingerprint density at radius 3 is 2.44 bits per heavy atom. The number of amidine groups is 1. The number of nitrogens with two attached hydrogens (primary N) is 1. The van der Waals surface area contributed by atoms with Gasteiger partial charge in [0.1, 0.15) is 11.2 Å². The molecule has 2 rings (SSSR count). The Kier molecular flexibility index (Phi) is 2.94. The summed E-state index contributed by atoms with van der Waals surface area (Å²) in [7, 11) is 1.58. The number of carbonyl (C=O) groups is 1. The van der Waals surface area contributed by atoms with Crippen LogP contribution in [0.5, 0.6) is 0 Å². The standard InChI is InChI=1S/C12H14FN3O2/c1-16(9-4-2-8(13)3-5-9)11(17)12(6-7-12)10(14)15-18/h2-5,18H,6-7H2,1H3,(H2,14,15). The Morgan fingerprint density at radius 2 is 2.00 bits per heavy atom. The van der Waals surface area contributed by atoms with Crippen LogP contribution in [-0.4, -0.2) is 24.0 Å². The molecule has 3 N–H and O–H groups in total. The molecule has 1 aliphatic carbocycles. The summed E-state index contributed by atoms with van der Waals surface area (Å²) >= 11 is 0. The van der Waals surface area contributed by atoms with Crippen molar-refractivity contribution in [2.45, 2.75) is 12.8 Å². The highest BCUT2D eigenvalue weighted by Gasteiger charge is 2.55. The maximum Gasteiger partial charge on any atom is 0.240 e. The van der Waals surface area contributed by atoms with Crippen LogP contribution >= 0.6 is 0 Å². The molecule has 6 heteroatoms. The van der Waals surface area contributed by atoms with Gasteiger partial charge in [0.2, 0.25) is 5.91 Å². The quantitative estimate of drug-likeness (QED) is 0.368. The van der Waals surface area contributed by atoms with Gasteiger partial charge in [-0.3, -0.25) is 4.79 Å². The van der Waals surface area contributed by atoms with Gasteiger partial charge in [-0.15, -0.1) is 0 Å². The van der Waals surface area contributed by atoms with E-state index in [9.17, 15) is 9.18 Å². The third-order valence-electron chi connectivity index (χ3n) is 3.28. The van der Waals surface area contributed by atoms with E-state index in [0.717, 1.165) is 0 Å². The highest BCUT2D eigenvalue weighted by Crippen LogP contribution is 2.47. The maximum atomic E-state index is 12.8. The minimum atomic E-state index is -0.891. The fraction of sp³-hybridized carbons (Fsp3) is 0.333. The number of anilines is 1. The lowest BCUT2D eigenvalue weighted by atomic mass is 10.0. The topological polar surface area (TPSA) is 78.9 Å². The van der Waals surface area contributed by atoms with Crippen molar-refractivity contribution in [3.05, 3.63) is 30.1 Å². The summed E-state index contributed by atoms with van der Waals surface area (Å²) in [5, 5.41) is 11.6. The van der Waals surface area contributed by atoms with E-state index in [1.165, 1.54) is 29.2 Å². The summed E-state index contributed by atoms with van der Waals surface area (Å²) in [6.45, 7) is 0. The van der Waals surface area contributed by atoms with Crippen molar-refractivity contribution in [2.24, 2.45) is 16.3 Å². The third kappa shape index (κ3) is 1.90. The number of amides is 1. The van der Waals surface area contributed by atoms with Crippen LogP contribution < -0.4 is 10.6 Å². The summed E-state index contributed by atoms with van der Waals surface area (Å²) < 4.78 is 12.8. The van der Waals surface area contributed by atoms with Gasteiger partial charge in [0, 0.05) is 12.7 Å². The van der Waals surface area contributed by atoms with Gasteiger partial charge < -0.3 is 15.8 Å². The van der Waals surface area contributed by atoms with E-state index in [1.54, 1.807) is 7.05 Å². The van der Waals surface area contributed by atoms with Gasteiger partial charge in [-0.25, -0.2) is 4.39 Å². The zero-order valence-electron chi connectivity index (χ0n) is 9.93. The zero-order chi connectivity index (χ0) is 13.3. The first-order chi connectivity index (χ1) is 8.51. The number of nitrogens with zero attached hydrogens (tertiary/aromatic N) is 2. The molecule has 1 fully saturated rings. The van der Waals surface area contributed by atoms with Gasteiger partial charge in [0.05, 0.1) is 0 Å². The monoisotopic (exact) mass is 251 g/mol. The van der Waals surface area contributed by atoms with E-state index in [0.29, 0.717) is 18.5 Å². The molecule has 1 aromatic rings.